The number of carbonyl (C=O) groups is 1. The maximum absolute atomic E-state index is 12.9. The Morgan fingerprint density at radius 2 is 1.79 bits per heavy atom. The van der Waals surface area contributed by atoms with Crippen LogP contribution < -0.4 is 9.47 Å². The van der Waals surface area contributed by atoms with Gasteiger partial charge >= 0.3 is 0 Å². The lowest BCUT2D eigenvalue weighted by molar-refractivity contribution is 0.0303. The second-order valence-electron chi connectivity index (χ2n) is 5.66. The van der Waals surface area contributed by atoms with Crippen molar-refractivity contribution in [1.29, 1.82) is 0 Å². The molecule has 0 N–H and O–H groups in total. The fraction of sp³-hybridized carbons (Fsp3) is 0.389. The number of aromatic nitrogens is 1. The average molecular weight is 330 g/mol. The van der Waals surface area contributed by atoms with Crippen LogP contribution >= 0.6 is 0 Å². The van der Waals surface area contributed by atoms with E-state index in [1.807, 2.05) is 47.0 Å². The summed E-state index contributed by atoms with van der Waals surface area (Å²) < 4.78 is 18.0. The Morgan fingerprint density at radius 3 is 2.46 bits per heavy atom. The molecule has 3 rings (SSSR count). The molecule has 0 saturated carbocycles. The van der Waals surface area contributed by atoms with Crippen molar-refractivity contribution in [2.75, 3.05) is 40.5 Å². The van der Waals surface area contributed by atoms with Gasteiger partial charge in [-0.05, 0) is 24.3 Å². The highest BCUT2D eigenvalue weighted by Crippen LogP contribution is 2.34. The third kappa shape index (κ3) is 2.97. The molecule has 2 heterocycles. The van der Waals surface area contributed by atoms with Crippen molar-refractivity contribution in [2.24, 2.45) is 7.05 Å². The molecule has 24 heavy (non-hydrogen) atoms. The highest BCUT2D eigenvalue weighted by atomic mass is 16.5. The van der Waals surface area contributed by atoms with Gasteiger partial charge in [-0.15, -0.1) is 0 Å². The van der Waals surface area contributed by atoms with Crippen molar-refractivity contribution in [3.63, 3.8) is 0 Å². The van der Waals surface area contributed by atoms with Crippen molar-refractivity contribution in [2.45, 2.75) is 0 Å². The summed E-state index contributed by atoms with van der Waals surface area (Å²) in [7, 11) is 5.14. The van der Waals surface area contributed by atoms with Crippen molar-refractivity contribution < 1.29 is 19.0 Å². The van der Waals surface area contributed by atoms with Crippen LogP contribution in [0.15, 0.2) is 30.5 Å². The van der Waals surface area contributed by atoms with Crippen LogP contribution in [-0.4, -0.2) is 55.9 Å². The van der Waals surface area contributed by atoms with Crippen molar-refractivity contribution in [3.05, 3.63) is 36.0 Å². The van der Waals surface area contributed by atoms with Crippen molar-refractivity contribution >= 4 is 5.91 Å². The number of benzene rings is 1. The predicted octanol–water partition coefficient (Wildman–Crippen LogP) is 2.18. The largest absolute Gasteiger partial charge is 0.493 e. The van der Waals surface area contributed by atoms with Gasteiger partial charge in [0, 0.05) is 31.9 Å². The van der Waals surface area contributed by atoms with Gasteiger partial charge in [-0.1, -0.05) is 0 Å². The minimum atomic E-state index is 0.0312. The zero-order valence-corrected chi connectivity index (χ0v) is 14.2. The van der Waals surface area contributed by atoms with E-state index in [0.29, 0.717) is 43.4 Å². The zero-order valence-electron chi connectivity index (χ0n) is 14.2. The number of aryl methyl sites for hydroxylation is 1. The quantitative estimate of drug-likeness (QED) is 0.862. The highest BCUT2D eigenvalue weighted by molar-refractivity contribution is 6.00. The molecular formula is C18H22N2O4. The molecule has 1 amide bonds. The number of hydrogen-bond donors (Lipinski definition) is 0. The van der Waals surface area contributed by atoms with Gasteiger partial charge in [-0.25, -0.2) is 0 Å². The molecule has 0 radical (unpaired) electrons. The summed E-state index contributed by atoms with van der Waals surface area (Å²) in [6.07, 6.45) is 1.90. The summed E-state index contributed by atoms with van der Waals surface area (Å²) in [4.78, 5) is 14.7. The van der Waals surface area contributed by atoms with E-state index in [9.17, 15) is 4.79 Å². The number of hydrogen-bond acceptors (Lipinski definition) is 4. The normalized spacial score (nSPS) is 14.5. The van der Waals surface area contributed by atoms with Crippen molar-refractivity contribution in [1.82, 2.24) is 9.47 Å². The third-order valence-corrected chi connectivity index (χ3v) is 4.26. The maximum Gasteiger partial charge on any atom is 0.256 e. The molecule has 1 aromatic heterocycles. The Kier molecular flexibility index (Phi) is 4.76. The number of ether oxygens (including phenoxy) is 3. The SMILES string of the molecule is COc1ccc(-c2c(C(=O)N3CCOCC3)ccn2C)cc1OC. The molecule has 2 aromatic rings. The molecule has 6 heteroatoms. The Balaban J connectivity index is 1.99. The lowest BCUT2D eigenvalue weighted by Crippen LogP contribution is -2.40. The molecule has 1 aliphatic rings. The molecule has 0 aliphatic carbocycles. The fourth-order valence-electron chi connectivity index (χ4n) is 2.98. The van der Waals surface area contributed by atoms with Crippen LogP contribution in [-0.2, 0) is 11.8 Å². The summed E-state index contributed by atoms with van der Waals surface area (Å²) >= 11 is 0. The summed E-state index contributed by atoms with van der Waals surface area (Å²) in [6, 6.07) is 7.55. The van der Waals surface area contributed by atoms with E-state index in [0.717, 1.165) is 11.3 Å². The fourth-order valence-corrected chi connectivity index (χ4v) is 2.98. The average Bonchev–Trinajstić information content (AvgIpc) is 3.02. The number of rotatable bonds is 4. The van der Waals surface area contributed by atoms with Gasteiger partial charge in [0.1, 0.15) is 0 Å². The standard InChI is InChI=1S/C18H22N2O4/c1-19-7-6-14(18(21)20-8-10-24-11-9-20)17(19)13-4-5-15(22-2)16(12-13)23-3/h4-7,12H,8-11H2,1-3H3. The predicted molar refractivity (Wildman–Crippen MR) is 90.7 cm³/mol. The number of amides is 1. The van der Waals surface area contributed by atoms with E-state index >= 15 is 0 Å². The first-order chi connectivity index (χ1) is 11.7. The molecule has 1 saturated heterocycles. The first-order valence-corrected chi connectivity index (χ1v) is 7.90. The van der Waals surface area contributed by atoms with Crippen LogP contribution in [0.4, 0.5) is 0 Å². The van der Waals surface area contributed by atoms with E-state index in [4.69, 9.17) is 14.2 Å². The van der Waals surface area contributed by atoms with Gasteiger partial charge in [0.2, 0.25) is 0 Å². The lowest BCUT2D eigenvalue weighted by Gasteiger charge is -2.27. The smallest absolute Gasteiger partial charge is 0.256 e. The van der Waals surface area contributed by atoms with Crippen LogP contribution in [0.25, 0.3) is 11.3 Å². The van der Waals surface area contributed by atoms with E-state index < -0.39 is 0 Å². The van der Waals surface area contributed by atoms with E-state index in [1.54, 1.807) is 14.2 Å². The topological polar surface area (TPSA) is 52.9 Å². The zero-order chi connectivity index (χ0) is 17.1. The van der Waals surface area contributed by atoms with Crippen LogP contribution in [0.5, 0.6) is 11.5 Å². The Hall–Kier alpha value is -2.47. The van der Waals surface area contributed by atoms with Gasteiger partial charge in [0.15, 0.2) is 11.5 Å². The highest BCUT2D eigenvalue weighted by Gasteiger charge is 2.24. The molecule has 0 spiro atoms. The second kappa shape index (κ2) is 6.97. The second-order valence-corrected chi connectivity index (χ2v) is 5.66. The molecule has 1 aliphatic heterocycles. The number of methoxy groups -OCH3 is 2. The van der Waals surface area contributed by atoms with E-state index in [1.165, 1.54) is 0 Å². The van der Waals surface area contributed by atoms with E-state index in [-0.39, 0.29) is 5.91 Å². The Morgan fingerprint density at radius 1 is 1.08 bits per heavy atom. The summed E-state index contributed by atoms with van der Waals surface area (Å²) in [6.45, 7) is 2.42. The first kappa shape index (κ1) is 16.4. The van der Waals surface area contributed by atoms with Crippen LogP contribution in [0.3, 0.4) is 0 Å². The summed E-state index contributed by atoms with van der Waals surface area (Å²) in [5, 5.41) is 0. The molecule has 1 aromatic carbocycles. The molecule has 0 bridgehead atoms. The van der Waals surface area contributed by atoms with Gasteiger partial charge in [-0.2, -0.15) is 0 Å². The molecule has 0 unspecified atom stereocenters. The van der Waals surface area contributed by atoms with Gasteiger partial charge in [-0.3, -0.25) is 4.79 Å². The van der Waals surface area contributed by atoms with Crippen LogP contribution in [0.1, 0.15) is 10.4 Å². The minimum Gasteiger partial charge on any atom is -0.493 e. The number of morpholine rings is 1. The monoisotopic (exact) mass is 330 g/mol. The summed E-state index contributed by atoms with van der Waals surface area (Å²) in [5.74, 6) is 1.33. The lowest BCUT2D eigenvalue weighted by atomic mass is 10.1. The molecule has 0 atom stereocenters. The van der Waals surface area contributed by atoms with Crippen LogP contribution in [0.2, 0.25) is 0 Å². The molecular weight excluding hydrogens is 308 g/mol. The molecule has 6 nitrogen and oxygen atoms in total. The summed E-state index contributed by atoms with van der Waals surface area (Å²) in [5.41, 5.74) is 2.47. The number of nitrogens with zero attached hydrogens (tertiary/aromatic N) is 2. The van der Waals surface area contributed by atoms with Crippen molar-refractivity contribution in [3.8, 4) is 22.8 Å². The molecule has 128 valence electrons. The maximum atomic E-state index is 12.9. The van der Waals surface area contributed by atoms with Crippen LogP contribution in [0, 0.1) is 0 Å². The molecule has 1 fully saturated rings. The van der Waals surface area contributed by atoms with Gasteiger partial charge in [0.25, 0.3) is 5.91 Å². The van der Waals surface area contributed by atoms with Gasteiger partial charge in [0.05, 0.1) is 38.7 Å². The third-order valence-electron chi connectivity index (χ3n) is 4.26. The Labute approximate surface area is 141 Å². The Bertz CT molecular complexity index is 733. The van der Waals surface area contributed by atoms with E-state index in [2.05, 4.69) is 0 Å². The minimum absolute atomic E-state index is 0.0312. The first-order valence-electron chi connectivity index (χ1n) is 7.90. The van der Waals surface area contributed by atoms with Gasteiger partial charge < -0.3 is 23.7 Å². The number of carbonyl (C=O) groups excluding carboxylic acids is 1.